The molecule has 376 valence electrons. The van der Waals surface area contributed by atoms with Crippen LogP contribution in [0.15, 0.2) is 60.8 Å². The first kappa shape index (κ1) is 62.1. The lowest BCUT2D eigenvalue weighted by molar-refractivity contribution is -0.167. The molecule has 0 heterocycles. The highest BCUT2D eigenvalue weighted by atomic mass is 16.6. The SMILES string of the molecule is CC/C=C\C/C=C\C/C=C\C/C=C\CCCCCCCCC(=O)OCC(COC(=O)CCCCCCCCCCCCCCCC)OC(=O)CCCCCCC/C=C\CCCCCCC. The molecule has 0 aromatic carbocycles. The summed E-state index contributed by atoms with van der Waals surface area (Å²) >= 11 is 0. The molecule has 0 bridgehead atoms. The molecule has 1 atom stereocenters. The lowest BCUT2D eigenvalue weighted by Gasteiger charge is -2.18. The Morgan fingerprint density at radius 3 is 0.954 bits per heavy atom. The molecule has 0 saturated carbocycles. The maximum Gasteiger partial charge on any atom is 0.306 e. The van der Waals surface area contributed by atoms with Crippen LogP contribution < -0.4 is 0 Å². The third kappa shape index (κ3) is 51.9. The lowest BCUT2D eigenvalue weighted by Crippen LogP contribution is -2.30. The average Bonchev–Trinajstić information content (AvgIpc) is 3.30. The van der Waals surface area contributed by atoms with Crippen LogP contribution in [0.3, 0.4) is 0 Å². The predicted octanol–water partition coefficient (Wildman–Crippen LogP) is 18.4. The summed E-state index contributed by atoms with van der Waals surface area (Å²) in [7, 11) is 0. The molecule has 0 aliphatic rings. The fraction of sp³-hybridized carbons (Fsp3) is 0.780. The van der Waals surface area contributed by atoms with E-state index in [2.05, 4.69) is 81.5 Å². The van der Waals surface area contributed by atoms with Crippen LogP contribution in [-0.2, 0) is 28.6 Å². The van der Waals surface area contributed by atoms with Gasteiger partial charge in [-0.1, -0.05) is 236 Å². The normalized spacial score (nSPS) is 12.5. The zero-order chi connectivity index (χ0) is 47.2. The Labute approximate surface area is 402 Å². The summed E-state index contributed by atoms with van der Waals surface area (Å²) in [5.41, 5.74) is 0. The minimum Gasteiger partial charge on any atom is -0.462 e. The van der Waals surface area contributed by atoms with Crippen LogP contribution in [0.2, 0.25) is 0 Å². The Hall–Kier alpha value is -2.89. The molecule has 0 N–H and O–H groups in total. The highest BCUT2D eigenvalue weighted by Crippen LogP contribution is 2.15. The molecular weight excluding hydrogens is 805 g/mol. The van der Waals surface area contributed by atoms with E-state index in [-0.39, 0.29) is 31.1 Å². The van der Waals surface area contributed by atoms with E-state index in [1.807, 2.05) is 0 Å². The fourth-order valence-corrected chi connectivity index (χ4v) is 7.84. The molecule has 1 unspecified atom stereocenters. The van der Waals surface area contributed by atoms with Gasteiger partial charge < -0.3 is 14.2 Å². The van der Waals surface area contributed by atoms with Gasteiger partial charge in [-0.05, 0) is 83.5 Å². The first-order valence-corrected chi connectivity index (χ1v) is 27.8. The third-order valence-electron chi connectivity index (χ3n) is 12.0. The molecule has 0 amide bonds. The molecule has 0 aliphatic carbocycles. The van der Waals surface area contributed by atoms with Crippen molar-refractivity contribution in [1.29, 1.82) is 0 Å². The van der Waals surface area contributed by atoms with Gasteiger partial charge in [0.1, 0.15) is 13.2 Å². The highest BCUT2D eigenvalue weighted by Gasteiger charge is 2.19. The number of carbonyl (C=O) groups is 3. The van der Waals surface area contributed by atoms with Crippen molar-refractivity contribution >= 4 is 17.9 Å². The Balaban J connectivity index is 4.38. The summed E-state index contributed by atoms with van der Waals surface area (Å²) < 4.78 is 16.8. The molecule has 0 aliphatic heterocycles. The molecule has 0 saturated heterocycles. The molecule has 6 heteroatoms. The second kappa shape index (κ2) is 53.7. The molecule has 0 spiro atoms. The summed E-state index contributed by atoms with van der Waals surface area (Å²) in [5.74, 6) is -0.893. The summed E-state index contributed by atoms with van der Waals surface area (Å²) in [5, 5.41) is 0. The molecule has 0 fully saturated rings. The zero-order valence-corrected chi connectivity index (χ0v) is 43.0. The van der Waals surface area contributed by atoms with Gasteiger partial charge in [-0.2, -0.15) is 0 Å². The van der Waals surface area contributed by atoms with Gasteiger partial charge >= 0.3 is 17.9 Å². The van der Waals surface area contributed by atoms with Crippen LogP contribution in [-0.4, -0.2) is 37.2 Å². The lowest BCUT2D eigenvalue weighted by atomic mass is 10.0. The van der Waals surface area contributed by atoms with Crippen molar-refractivity contribution in [3.8, 4) is 0 Å². The van der Waals surface area contributed by atoms with Crippen LogP contribution in [0, 0.1) is 0 Å². The van der Waals surface area contributed by atoms with Crippen molar-refractivity contribution in [1.82, 2.24) is 0 Å². The van der Waals surface area contributed by atoms with Crippen LogP contribution in [0.4, 0.5) is 0 Å². The molecule has 0 aromatic heterocycles. The van der Waals surface area contributed by atoms with E-state index < -0.39 is 6.10 Å². The number of unbranched alkanes of at least 4 members (excludes halogenated alkanes) is 29. The topological polar surface area (TPSA) is 78.9 Å². The van der Waals surface area contributed by atoms with Gasteiger partial charge in [-0.15, -0.1) is 0 Å². The minimum atomic E-state index is -0.782. The van der Waals surface area contributed by atoms with Gasteiger partial charge in [0.2, 0.25) is 0 Å². The van der Waals surface area contributed by atoms with Gasteiger partial charge in [0.05, 0.1) is 0 Å². The number of rotatable bonds is 50. The van der Waals surface area contributed by atoms with E-state index in [4.69, 9.17) is 14.2 Å². The van der Waals surface area contributed by atoms with Crippen LogP contribution in [0.5, 0.6) is 0 Å². The number of hydrogen-bond donors (Lipinski definition) is 0. The first-order chi connectivity index (χ1) is 32.0. The van der Waals surface area contributed by atoms with E-state index in [1.165, 1.54) is 135 Å². The van der Waals surface area contributed by atoms with Gasteiger partial charge in [0.15, 0.2) is 6.10 Å². The number of carbonyl (C=O) groups excluding carboxylic acids is 3. The number of ether oxygens (including phenoxy) is 3. The maximum absolute atomic E-state index is 12.8. The van der Waals surface area contributed by atoms with Crippen molar-refractivity contribution in [3.63, 3.8) is 0 Å². The largest absolute Gasteiger partial charge is 0.462 e. The predicted molar refractivity (Wildman–Crippen MR) is 279 cm³/mol. The Bertz CT molecular complexity index is 1180. The van der Waals surface area contributed by atoms with E-state index in [1.54, 1.807) is 0 Å². The first-order valence-electron chi connectivity index (χ1n) is 27.8. The minimum absolute atomic E-state index is 0.0797. The maximum atomic E-state index is 12.8. The molecule has 65 heavy (non-hydrogen) atoms. The Morgan fingerprint density at radius 2 is 0.600 bits per heavy atom. The number of esters is 3. The monoisotopic (exact) mass is 909 g/mol. The van der Waals surface area contributed by atoms with Crippen molar-refractivity contribution in [2.75, 3.05) is 13.2 Å². The third-order valence-corrected chi connectivity index (χ3v) is 12.0. The smallest absolute Gasteiger partial charge is 0.306 e. The van der Waals surface area contributed by atoms with Gasteiger partial charge in [0, 0.05) is 19.3 Å². The van der Waals surface area contributed by atoms with Crippen LogP contribution in [0.1, 0.15) is 278 Å². The number of hydrogen-bond acceptors (Lipinski definition) is 6. The van der Waals surface area contributed by atoms with E-state index in [0.29, 0.717) is 19.3 Å². The van der Waals surface area contributed by atoms with Crippen LogP contribution >= 0.6 is 0 Å². The zero-order valence-electron chi connectivity index (χ0n) is 43.0. The van der Waals surface area contributed by atoms with Gasteiger partial charge in [0.25, 0.3) is 0 Å². The molecule has 0 aromatic rings. The summed E-state index contributed by atoms with van der Waals surface area (Å²) in [6, 6.07) is 0. The Kier molecular flexibility index (Phi) is 51.3. The van der Waals surface area contributed by atoms with E-state index in [9.17, 15) is 14.4 Å². The highest BCUT2D eigenvalue weighted by molar-refractivity contribution is 5.71. The van der Waals surface area contributed by atoms with E-state index >= 15 is 0 Å². The molecule has 0 rings (SSSR count). The van der Waals surface area contributed by atoms with Gasteiger partial charge in [-0.25, -0.2) is 0 Å². The second-order valence-corrected chi connectivity index (χ2v) is 18.5. The second-order valence-electron chi connectivity index (χ2n) is 18.5. The Morgan fingerprint density at radius 1 is 0.323 bits per heavy atom. The average molecular weight is 909 g/mol. The standard InChI is InChI=1S/C59H104O6/c1-4-7-10-13-16-19-22-25-28-29-30-31-32-35-37-40-43-46-49-52-58(61)64-55-56(65-59(62)53-50-47-44-41-38-34-27-24-21-18-15-12-9-6-3)54-63-57(60)51-48-45-42-39-36-33-26-23-20-17-14-11-8-5-2/h7,10,16,19,24-25,27-28,30-31,56H,4-6,8-9,11-15,17-18,20-23,26,29,32-55H2,1-3H3/b10-7-,19-16-,27-24-,28-25-,31-30-. The van der Waals surface area contributed by atoms with Crippen molar-refractivity contribution < 1.29 is 28.6 Å². The summed E-state index contributed by atoms with van der Waals surface area (Å²) in [6.07, 6.45) is 66.3. The number of allylic oxidation sites excluding steroid dienone is 10. The van der Waals surface area contributed by atoms with Crippen LogP contribution in [0.25, 0.3) is 0 Å². The molecule has 0 radical (unpaired) electrons. The van der Waals surface area contributed by atoms with Crippen molar-refractivity contribution in [3.05, 3.63) is 60.8 Å². The molecular formula is C59H104O6. The summed E-state index contributed by atoms with van der Waals surface area (Å²) in [4.78, 5) is 38.1. The van der Waals surface area contributed by atoms with Crippen molar-refractivity contribution in [2.24, 2.45) is 0 Å². The molecule has 6 nitrogen and oxygen atoms in total. The summed E-state index contributed by atoms with van der Waals surface area (Å²) in [6.45, 7) is 6.52. The fourth-order valence-electron chi connectivity index (χ4n) is 7.84. The van der Waals surface area contributed by atoms with E-state index in [0.717, 1.165) is 103 Å². The van der Waals surface area contributed by atoms with Gasteiger partial charge in [-0.3, -0.25) is 14.4 Å². The quantitative estimate of drug-likeness (QED) is 0.0262. The van der Waals surface area contributed by atoms with Crippen molar-refractivity contribution in [2.45, 2.75) is 284 Å².